The summed E-state index contributed by atoms with van der Waals surface area (Å²) in [6.07, 6.45) is 2.45. The van der Waals surface area contributed by atoms with Gasteiger partial charge >= 0.3 is 0 Å². The Kier molecular flexibility index (Phi) is 5.49. The van der Waals surface area contributed by atoms with Crippen LogP contribution in [0.4, 0.5) is 11.4 Å². The first-order valence-corrected chi connectivity index (χ1v) is 9.97. The third-order valence-corrected chi connectivity index (χ3v) is 5.26. The third kappa shape index (κ3) is 4.30. The molecule has 7 nitrogen and oxygen atoms in total. The van der Waals surface area contributed by atoms with Gasteiger partial charge in [-0.1, -0.05) is 26.0 Å². The predicted octanol–water partition coefficient (Wildman–Crippen LogP) is 6.37. The Bertz CT molecular complexity index is 1290. The Hall–Kier alpha value is -4.00. The van der Waals surface area contributed by atoms with Crippen molar-refractivity contribution in [1.82, 2.24) is 4.98 Å². The van der Waals surface area contributed by atoms with Gasteiger partial charge in [0.25, 0.3) is 5.69 Å². The largest absolute Gasteiger partial charge is 0.507 e. The first-order valence-electron chi connectivity index (χ1n) is 9.97. The molecule has 1 atom stereocenters. The number of benzene rings is 3. The zero-order valence-corrected chi connectivity index (χ0v) is 17.1. The molecule has 1 N–H and O–H groups in total. The second-order valence-corrected chi connectivity index (χ2v) is 7.36. The average molecular weight is 415 g/mol. The molecular weight excluding hydrogens is 394 g/mol. The van der Waals surface area contributed by atoms with Crippen molar-refractivity contribution in [3.63, 3.8) is 0 Å². The van der Waals surface area contributed by atoms with Gasteiger partial charge in [0, 0.05) is 29.5 Å². The molecule has 1 unspecified atom stereocenters. The number of hydrogen-bond donors (Lipinski definition) is 1. The van der Waals surface area contributed by atoms with E-state index in [1.54, 1.807) is 6.07 Å². The zero-order valence-electron chi connectivity index (χ0n) is 17.1. The number of phenols is 1. The lowest BCUT2D eigenvalue weighted by molar-refractivity contribution is -0.384. The van der Waals surface area contributed by atoms with E-state index in [9.17, 15) is 15.2 Å². The second-order valence-electron chi connectivity index (χ2n) is 7.36. The number of hydrogen-bond acceptors (Lipinski definition) is 6. The van der Waals surface area contributed by atoms with E-state index in [0.717, 1.165) is 23.1 Å². The molecule has 7 heteroatoms. The number of aromatic hydroxyl groups is 1. The van der Waals surface area contributed by atoms with Crippen molar-refractivity contribution in [2.24, 2.45) is 4.99 Å². The maximum absolute atomic E-state index is 11.0. The number of aliphatic imine (C=N–C) groups is 1. The monoisotopic (exact) mass is 415 g/mol. The minimum atomic E-state index is -0.517. The predicted molar refractivity (Wildman–Crippen MR) is 120 cm³/mol. The van der Waals surface area contributed by atoms with Crippen molar-refractivity contribution in [3.8, 4) is 17.2 Å². The summed E-state index contributed by atoms with van der Waals surface area (Å²) in [5.41, 5.74) is 4.27. The normalized spacial score (nSPS) is 12.5. The number of nitrogens with zero attached hydrogens (tertiary/aromatic N) is 3. The molecule has 3 aromatic carbocycles. The van der Waals surface area contributed by atoms with Crippen LogP contribution in [0.3, 0.4) is 0 Å². The number of aromatic nitrogens is 1. The van der Waals surface area contributed by atoms with Crippen LogP contribution in [0.2, 0.25) is 0 Å². The van der Waals surface area contributed by atoms with Crippen LogP contribution in [0.15, 0.2) is 70.1 Å². The first-order chi connectivity index (χ1) is 14.9. The highest BCUT2D eigenvalue weighted by Gasteiger charge is 2.12. The number of nitro benzene ring substituents is 1. The van der Waals surface area contributed by atoms with Crippen LogP contribution in [0.25, 0.3) is 22.6 Å². The summed E-state index contributed by atoms with van der Waals surface area (Å²) in [7, 11) is 0. The van der Waals surface area contributed by atoms with E-state index in [-0.39, 0.29) is 17.0 Å². The summed E-state index contributed by atoms with van der Waals surface area (Å²) in [6.45, 7) is 4.34. The molecule has 4 rings (SSSR count). The fourth-order valence-corrected chi connectivity index (χ4v) is 3.23. The van der Waals surface area contributed by atoms with E-state index >= 15 is 0 Å². The van der Waals surface area contributed by atoms with Gasteiger partial charge in [-0.25, -0.2) is 4.98 Å². The number of rotatable bonds is 6. The van der Waals surface area contributed by atoms with Crippen molar-refractivity contribution >= 4 is 28.7 Å². The highest BCUT2D eigenvalue weighted by atomic mass is 16.6. The Labute approximate surface area is 178 Å². The molecule has 0 spiro atoms. The molecule has 4 aromatic rings. The number of nitro groups is 1. The highest BCUT2D eigenvalue weighted by molar-refractivity contribution is 5.86. The molecule has 156 valence electrons. The van der Waals surface area contributed by atoms with Gasteiger partial charge in [-0.2, -0.15) is 0 Å². The van der Waals surface area contributed by atoms with Gasteiger partial charge in [0.2, 0.25) is 5.89 Å². The summed E-state index contributed by atoms with van der Waals surface area (Å²) in [5.74, 6) is 0.862. The maximum Gasteiger partial charge on any atom is 0.270 e. The minimum absolute atomic E-state index is 0.0819. The minimum Gasteiger partial charge on any atom is -0.507 e. The lowest BCUT2D eigenvalue weighted by atomic mass is 9.98. The van der Waals surface area contributed by atoms with Crippen molar-refractivity contribution in [2.45, 2.75) is 26.2 Å². The van der Waals surface area contributed by atoms with Crippen molar-refractivity contribution in [1.29, 1.82) is 0 Å². The smallest absolute Gasteiger partial charge is 0.270 e. The van der Waals surface area contributed by atoms with Gasteiger partial charge in [-0.15, -0.1) is 0 Å². The molecule has 1 heterocycles. The summed E-state index contributed by atoms with van der Waals surface area (Å²) < 4.78 is 5.92. The number of non-ortho nitro benzene ring substituents is 1. The van der Waals surface area contributed by atoms with Gasteiger partial charge in [0.1, 0.15) is 11.3 Å². The summed E-state index contributed by atoms with van der Waals surface area (Å²) in [5, 5.41) is 20.9. The Morgan fingerprint density at radius 1 is 1.19 bits per heavy atom. The average Bonchev–Trinajstić information content (AvgIpc) is 3.21. The van der Waals surface area contributed by atoms with Gasteiger partial charge < -0.3 is 9.52 Å². The SMILES string of the molecule is CCC(C)c1ccc2oc(-c3cccc(N=Cc4cc([N+](=O)[O-])ccc4O)c3)nc2c1. The van der Waals surface area contributed by atoms with Crippen molar-refractivity contribution < 1.29 is 14.4 Å². The van der Waals surface area contributed by atoms with Crippen LogP contribution in [-0.2, 0) is 0 Å². The molecule has 0 aliphatic rings. The van der Waals surface area contributed by atoms with E-state index < -0.39 is 4.92 Å². The van der Waals surface area contributed by atoms with Crippen molar-refractivity contribution in [3.05, 3.63) is 81.9 Å². The number of phenolic OH excluding ortho intramolecular Hbond substituents is 1. The van der Waals surface area contributed by atoms with Crippen LogP contribution >= 0.6 is 0 Å². The second kappa shape index (κ2) is 8.39. The Morgan fingerprint density at radius 2 is 2.03 bits per heavy atom. The lowest BCUT2D eigenvalue weighted by Gasteiger charge is -2.07. The molecule has 0 saturated heterocycles. The fourth-order valence-electron chi connectivity index (χ4n) is 3.23. The van der Waals surface area contributed by atoms with Crippen LogP contribution in [0.5, 0.6) is 5.75 Å². The Morgan fingerprint density at radius 3 is 2.81 bits per heavy atom. The highest BCUT2D eigenvalue weighted by Crippen LogP contribution is 2.30. The van der Waals surface area contributed by atoms with Gasteiger partial charge in [0.15, 0.2) is 5.58 Å². The molecule has 0 radical (unpaired) electrons. The molecule has 0 amide bonds. The van der Waals surface area contributed by atoms with Gasteiger partial charge in [-0.3, -0.25) is 15.1 Å². The molecule has 0 bridgehead atoms. The van der Waals surface area contributed by atoms with E-state index in [1.165, 1.54) is 30.0 Å². The molecule has 0 fully saturated rings. The Balaban J connectivity index is 1.64. The standard InChI is InChI=1S/C24H21N3O4/c1-3-15(2)16-7-10-23-21(13-16)26-24(31-23)17-5-4-6-19(11-17)25-14-18-12-20(27(29)30)8-9-22(18)28/h4-15,28H,3H2,1-2H3. The summed E-state index contributed by atoms with van der Waals surface area (Å²) in [6, 6.07) is 17.2. The van der Waals surface area contributed by atoms with Gasteiger partial charge in [-0.05, 0) is 54.3 Å². The van der Waals surface area contributed by atoms with Crippen LogP contribution in [0, 0.1) is 10.1 Å². The third-order valence-electron chi connectivity index (χ3n) is 5.26. The van der Waals surface area contributed by atoms with E-state index in [1.807, 2.05) is 24.3 Å². The molecule has 0 saturated carbocycles. The number of oxazole rings is 1. The molecule has 31 heavy (non-hydrogen) atoms. The van der Waals surface area contributed by atoms with Crippen LogP contribution in [0.1, 0.15) is 37.3 Å². The van der Waals surface area contributed by atoms with E-state index in [2.05, 4.69) is 36.0 Å². The summed E-state index contributed by atoms with van der Waals surface area (Å²) >= 11 is 0. The van der Waals surface area contributed by atoms with E-state index in [4.69, 9.17) is 4.42 Å². The fraction of sp³-hybridized carbons (Fsp3) is 0.167. The topological polar surface area (TPSA) is 102 Å². The lowest BCUT2D eigenvalue weighted by Crippen LogP contribution is -1.90. The van der Waals surface area contributed by atoms with Crippen LogP contribution in [-0.4, -0.2) is 21.2 Å². The molecule has 1 aromatic heterocycles. The van der Waals surface area contributed by atoms with Gasteiger partial charge in [0.05, 0.1) is 10.6 Å². The molecular formula is C24H21N3O4. The number of fused-ring (bicyclic) bond motifs is 1. The molecule has 0 aliphatic heterocycles. The van der Waals surface area contributed by atoms with Crippen LogP contribution < -0.4 is 0 Å². The maximum atomic E-state index is 11.0. The zero-order chi connectivity index (χ0) is 22.0. The quantitative estimate of drug-likeness (QED) is 0.224. The van der Waals surface area contributed by atoms with E-state index in [0.29, 0.717) is 17.5 Å². The van der Waals surface area contributed by atoms with Crippen molar-refractivity contribution in [2.75, 3.05) is 0 Å². The summed E-state index contributed by atoms with van der Waals surface area (Å²) in [4.78, 5) is 19.4. The first kappa shape index (κ1) is 20.3. The molecule has 0 aliphatic carbocycles.